The molecule has 0 heterocycles. The summed E-state index contributed by atoms with van der Waals surface area (Å²) >= 11 is 0. The Labute approximate surface area is 179 Å². The van der Waals surface area contributed by atoms with Crippen LogP contribution in [0.2, 0.25) is 0 Å². The van der Waals surface area contributed by atoms with Crippen molar-refractivity contribution in [2.45, 2.75) is 125 Å². The normalized spacial score (nSPS) is 13.8. The lowest BCUT2D eigenvalue weighted by atomic mass is 9.96. The molecule has 0 rings (SSSR count). The van der Waals surface area contributed by atoms with Crippen molar-refractivity contribution in [1.29, 1.82) is 0 Å². The molecule has 0 N–H and O–H groups in total. The highest BCUT2D eigenvalue weighted by molar-refractivity contribution is 8.21. The molecule has 0 fully saturated rings. The second kappa shape index (κ2) is 20.5. The molecule has 0 aromatic heterocycles. The fourth-order valence-electron chi connectivity index (χ4n) is 3.80. The Kier molecular flexibility index (Phi) is 20.7. The third-order valence-corrected chi connectivity index (χ3v) is 7.93. The number of hydrogen-bond acceptors (Lipinski definition) is 3. The highest BCUT2D eigenvalue weighted by Crippen LogP contribution is 2.53. The average molecular weight is 421 g/mol. The van der Waals surface area contributed by atoms with Crippen LogP contribution in [0.25, 0.3) is 0 Å². The van der Waals surface area contributed by atoms with Crippen molar-refractivity contribution < 1.29 is 12.5 Å². The van der Waals surface area contributed by atoms with E-state index in [-0.39, 0.29) is 0 Å². The van der Waals surface area contributed by atoms with E-state index in [1.807, 2.05) is 20.8 Å². The minimum Gasteiger partial charge on any atom is -0.293 e. The van der Waals surface area contributed by atoms with E-state index in [9.17, 15) is 0 Å². The molecule has 0 aromatic carbocycles. The molecule has 0 aliphatic heterocycles. The van der Waals surface area contributed by atoms with Gasteiger partial charge >= 0.3 is 0 Å². The van der Waals surface area contributed by atoms with Gasteiger partial charge in [-0.3, -0.25) is 12.5 Å². The molecule has 3 nitrogen and oxygen atoms in total. The number of unbranched alkanes of at least 4 members (excludes halogenated alkanes) is 10. The molecule has 0 spiro atoms. The summed E-state index contributed by atoms with van der Waals surface area (Å²) in [6, 6.07) is 0. The summed E-state index contributed by atoms with van der Waals surface area (Å²) in [5, 5.41) is 0. The van der Waals surface area contributed by atoms with Crippen LogP contribution in [0, 0.1) is 5.92 Å². The molecule has 28 heavy (non-hydrogen) atoms. The van der Waals surface area contributed by atoms with Gasteiger partial charge in [0.25, 0.3) is 0 Å². The highest BCUT2D eigenvalue weighted by Gasteiger charge is 2.30. The molecule has 172 valence electrons. The SMILES string of the molecule is CCCCCCCCCCCCC(CCCC)CS(OCC)(OCC)OCC. The fourth-order valence-corrected chi connectivity index (χ4v) is 6.28. The van der Waals surface area contributed by atoms with Crippen molar-refractivity contribution in [2.75, 3.05) is 25.6 Å². The zero-order valence-electron chi connectivity index (χ0n) is 19.9. The molecular weight excluding hydrogens is 368 g/mol. The Morgan fingerprint density at radius 3 is 1.32 bits per heavy atom. The predicted octanol–water partition coefficient (Wildman–Crippen LogP) is 8.76. The third-order valence-electron chi connectivity index (χ3n) is 5.26. The summed E-state index contributed by atoms with van der Waals surface area (Å²) in [5.74, 6) is 1.61. The first-order valence-corrected chi connectivity index (χ1v) is 14.0. The quantitative estimate of drug-likeness (QED) is 0.164. The van der Waals surface area contributed by atoms with Crippen LogP contribution in [0.3, 0.4) is 0 Å². The summed E-state index contributed by atoms with van der Waals surface area (Å²) in [7, 11) is -1.84. The van der Waals surface area contributed by atoms with E-state index >= 15 is 0 Å². The van der Waals surface area contributed by atoms with Crippen molar-refractivity contribution >= 4 is 10.9 Å². The second-order valence-corrected chi connectivity index (χ2v) is 10.1. The van der Waals surface area contributed by atoms with E-state index in [0.29, 0.717) is 25.7 Å². The molecule has 0 amide bonds. The van der Waals surface area contributed by atoms with E-state index in [2.05, 4.69) is 13.8 Å². The van der Waals surface area contributed by atoms with Crippen molar-refractivity contribution in [3.8, 4) is 0 Å². The van der Waals surface area contributed by atoms with Crippen LogP contribution in [0.5, 0.6) is 0 Å². The standard InChI is InChI=1S/C24H52O3S/c1-6-11-13-14-15-16-17-18-19-20-22-24(21-12-7-2)23-28(25-8-3,26-9-4)27-10-5/h24H,6-23H2,1-5H3. The van der Waals surface area contributed by atoms with Gasteiger partial charge in [0.2, 0.25) is 0 Å². The lowest BCUT2D eigenvalue weighted by Gasteiger charge is -2.39. The van der Waals surface area contributed by atoms with E-state index in [0.717, 1.165) is 5.75 Å². The van der Waals surface area contributed by atoms with Gasteiger partial charge in [-0.1, -0.05) is 90.9 Å². The van der Waals surface area contributed by atoms with Gasteiger partial charge in [-0.25, -0.2) is 0 Å². The van der Waals surface area contributed by atoms with Crippen molar-refractivity contribution in [3.05, 3.63) is 0 Å². The predicted molar refractivity (Wildman–Crippen MR) is 127 cm³/mol. The zero-order chi connectivity index (χ0) is 20.9. The van der Waals surface area contributed by atoms with Crippen molar-refractivity contribution in [2.24, 2.45) is 5.92 Å². The minimum atomic E-state index is -1.84. The second-order valence-electron chi connectivity index (χ2n) is 7.92. The Hall–Kier alpha value is 0.230. The van der Waals surface area contributed by atoms with Crippen LogP contribution in [0.15, 0.2) is 0 Å². The van der Waals surface area contributed by atoms with Gasteiger partial charge in [-0.2, -0.15) is 0 Å². The van der Waals surface area contributed by atoms with E-state index < -0.39 is 10.9 Å². The topological polar surface area (TPSA) is 27.7 Å². The Morgan fingerprint density at radius 2 is 0.893 bits per heavy atom. The van der Waals surface area contributed by atoms with Gasteiger partial charge in [0.05, 0.1) is 30.7 Å². The molecule has 0 aliphatic carbocycles. The first kappa shape index (κ1) is 28.2. The van der Waals surface area contributed by atoms with Gasteiger partial charge in [0.1, 0.15) is 0 Å². The molecule has 1 atom stereocenters. The largest absolute Gasteiger partial charge is 0.293 e. The van der Waals surface area contributed by atoms with Gasteiger partial charge in [0.15, 0.2) is 0 Å². The van der Waals surface area contributed by atoms with Crippen LogP contribution in [0.1, 0.15) is 125 Å². The monoisotopic (exact) mass is 420 g/mol. The van der Waals surface area contributed by atoms with E-state index in [1.165, 1.54) is 89.9 Å². The van der Waals surface area contributed by atoms with Crippen LogP contribution in [-0.4, -0.2) is 25.6 Å². The van der Waals surface area contributed by atoms with Crippen LogP contribution in [-0.2, 0) is 12.5 Å². The summed E-state index contributed by atoms with van der Waals surface area (Å²) in [5.41, 5.74) is 0. The molecule has 0 saturated heterocycles. The Bertz CT molecular complexity index is 295. The van der Waals surface area contributed by atoms with E-state index in [1.54, 1.807) is 0 Å². The number of hydrogen-bond donors (Lipinski definition) is 0. The maximum atomic E-state index is 6.06. The molecule has 0 bridgehead atoms. The summed E-state index contributed by atoms with van der Waals surface area (Å²) in [4.78, 5) is 0. The summed E-state index contributed by atoms with van der Waals surface area (Å²) < 4.78 is 18.2. The number of rotatable bonds is 22. The molecule has 0 aromatic rings. The maximum Gasteiger partial charge on any atom is 0.0890 e. The van der Waals surface area contributed by atoms with Crippen molar-refractivity contribution in [3.63, 3.8) is 0 Å². The van der Waals surface area contributed by atoms with Gasteiger partial charge in [-0.05, 0) is 39.5 Å². The minimum absolute atomic E-state index is 0.661. The fraction of sp³-hybridized carbons (Fsp3) is 1.00. The zero-order valence-corrected chi connectivity index (χ0v) is 20.8. The lowest BCUT2D eigenvalue weighted by Crippen LogP contribution is -2.22. The molecular formula is C24H52O3S. The molecule has 0 saturated carbocycles. The highest BCUT2D eigenvalue weighted by atomic mass is 32.3. The third kappa shape index (κ3) is 15.1. The van der Waals surface area contributed by atoms with Crippen LogP contribution < -0.4 is 0 Å². The molecule has 0 aliphatic rings. The van der Waals surface area contributed by atoms with Gasteiger partial charge in [0, 0.05) is 5.75 Å². The average Bonchev–Trinajstić information content (AvgIpc) is 2.68. The van der Waals surface area contributed by atoms with Gasteiger partial charge in [-0.15, -0.1) is 0 Å². The smallest absolute Gasteiger partial charge is 0.0890 e. The summed E-state index contributed by atoms with van der Waals surface area (Å²) in [6.07, 6.45) is 19.1. The molecule has 0 radical (unpaired) electrons. The maximum absolute atomic E-state index is 6.06. The Morgan fingerprint density at radius 1 is 0.500 bits per heavy atom. The lowest BCUT2D eigenvalue weighted by molar-refractivity contribution is 0.180. The first-order chi connectivity index (χ1) is 13.7. The summed E-state index contributed by atoms with van der Waals surface area (Å²) in [6.45, 7) is 12.7. The molecule has 4 heteroatoms. The van der Waals surface area contributed by atoms with Crippen LogP contribution in [0.4, 0.5) is 0 Å². The van der Waals surface area contributed by atoms with E-state index in [4.69, 9.17) is 12.5 Å². The van der Waals surface area contributed by atoms with Gasteiger partial charge < -0.3 is 0 Å². The Balaban J connectivity index is 4.26. The van der Waals surface area contributed by atoms with Crippen molar-refractivity contribution in [1.82, 2.24) is 0 Å². The first-order valence-electron chi connectivity index (χ1n) is 12.4. The molecule has 1 unspecified atom stereocenters. The van der Waals surface area contributed by atoms with Crippen LogP contribution >= 0.6 is 10.9 Å².